The SMILES string of the molecule is NCCCCC(N)C(=O)NC(=O)c1cccc(I)c1. The average Bonchev–Trinajstić information content (AvgIpc) is 2.38. The highest BCUT2D eigenvalue weighted by Crippen LogP contribution is 2.07. The van der Waals surface area contributed by atoms with E-state index in [4.69, 9.17) is 11.5 Å². The van der Waals surface area contributed by atoms with Gasteiger partial charge in [0.1, 0.15) is 0 Å². The number of halogens is 1. The largest absolute Gasteiger partial charge is 0.330 e. The summed E-state index contributed by atoms with van der Waals surface area (Å²) >= 11 is 2.11. The van der Waals surface area contributed by atoms with Gasteiger partial charge in [-0.25, -0.2) is 0 Å². The number of unbranched alkanes of at least 4 members (excludes halogenated alkanes) is 1. The van der Waals surface area contributed by atoms with Crippen LogP contribution in [0.1, 0.15) is 29.6 Å². The minimum atomic E-state index is -0.668. The topological polar surface area (TPSA) is 98.2 Å². The van der Waals surface area contributed by atoms with E-state index in [1.165, 1.54) is 0 Å². The highest BCUT2D eigenvalue weighted by atomic mass is 127. The van der Waals surface area contributed by atoms with Crippen LogP contribution in [-0.2, 0) is 4.79 Å². The molecule has 0 bridgehead atoms. The first-order valence-electron chi connectivity index (χ1n) is 6.11. The smallest absolute Gasteiger partial charge is 0.257 e. The summed E-state index contributed by atoms with van der Waals surface area (Å²) in [4.78, 5) is 23.5. The van der Waals surface area contributed by atoms with Crippen LogP contribution in [0, 0.1) is 3.57 Å². The Bertz CT molecular complexity index is 451. The van der Waals surface area contributed by atoms with Crippen LogP contribution in [-0.4, -0.2) is 24.4 Å². The van der Waals surface area contributed by atoms with Crippen LogP contribution in [0.15, 0.2) is 24.3 Å². The Labute approximate surface area is 126 Å². The second kappa shape index (κ2) is 8.23. The maximum atomic E-state index is 11.8. The molecule has 0 spiro atoms. The molecule has 0 heterocycles. The lowest BCUT2D eigenvalue weighted by Crippen LogP contribution is -2.43. The molecule has 0 saturated heterocycles. The average molecular weight is 375 g/mol. The molecule has 1 rings (SSSR count). The molecule has 1 atom stereocenters. The molecule has 0 aliphatic heterocycles. The maximum absolute atomic E-state index is 11.8. The molecule has 0 saturated carbocycles. The summed E-state index contributed by atoms with van der Waals surface area (Å²) in [6, 6.07) is 6.34. The first-order chi connectivity index (χ1) is 9.04. The number of carbonyl (C=O) groups excluding carboxylic acids is 2. The first-order valence-corrected chi connectivity index (χ1v) is 7.19. The molecule has 1 aromatic carbocycles. The van der Waals surface area contributed by atoms with Gasteiger partial charge in [-0.05, 0) is 60.2 Å². The van der Waals surface area contributed by atoms with E-state index in [0.29, 0.717) is 18.5 Å². The van der Waals surface area contributed by atoms with E-state index >= 15 is 0 Å². The number of amides is 2. The van der Waals surface area contributed by atoms with E-state index < -0.39 is 17.9 Å². The Balaban J connectivity index is 2.50. The third kappa shape index (κ3) is 5.66. The molecule has 0 aliphatic rings. The quantitative estimate of drug-likeness (QED) is 0.511. The molecular weight excluding hydrogens is 357 g/mol. The monoisotopic (exact) mass is 375 g/mol. The molecule has 0 fully saturated rings. The molecule has 0 aromatic heterocycles. The number of benzene rings is 1. The predicted molar refractivity (Wildman–Crippen MR) is 82.5 cm³/mol. The summed E-state index contributed by atoms with van der Waals surface area (Å²) in [6.45, 7) is 0.579. The van der Waals surface area contributed by atoms with E-state index in [9.17, 15) is 9.59 Å². The summed E-state index contributed by atoms with van der Waals surface area (Å²) in [5.74, 6) is -0.862. The lowest BCUT2D eigenvalue weighted by Gasteiger charge is -2.11. The van der Waals surface area contributed by atoms with E-state index in [-0.39, 0.29) is 0 Å². The molecule has 0 radical (unpaired) electrons. The lowest BCUT2D eigenvalue weighted by atomic mass is 10.1. The van der Waals surface area contributed by atoms with Crippen LogP contribution in [0.25, 0.3) is 0 Å². The number of hydrogen-bond acceptors (Lipinski definition) is 4. The Morgan fingerprint density at radius 3 is 2.68 bits per heavy atom. The summed E-state index contributed by atoms with van der Waals surface area (Å²) in [5, 5.41) is 2.31. The van der Waals surface area contributed by atoms with Crippen LogP contribution in [0.2, 0.25) is 0 Å². The molecular formula is C13H18IN3O2. The van der Waals surface area contributed by atoms with Gasteiger partial charge in [-0.3, -0.25) is 14.9 Å². The van der Waals surface area contributed by atoms with Crippen molar-refractivity contribution in [3.63, 3.8) is 0 Å². The van der Waals surface area contributed by atoms with E-state index in [2.05, 4.69) is 27.9 Å². The Kier molecular flexibility index (Phi) is 6.96. The molecule has 104 valence electrons. The predicted octanol–water partition coefficient (Wildman–Crippen LogP) is 1.00. The zero-order valence-electron chi connectivity index (χ0n) is 10.6. The summed E-state index contributed by atoms with van der Waals surface area (Å²) in [5.41, 5.74) is 11.5. The van der Waals surface area contributed by atoms with Crippen LogP contribution in [0.4, 0.5) is 0 Å². The highest BCUT2D eigenvalue weighted by Gasteiger charge is 2.16. The third-order valence-electron chi connectivity index (χ3n) is 2.63. The van der Waals surface area contributed by atoms with Gasteiger partial charge in [-0.2, -0.15) is 0 Å². The highest BCUT2D eigenvalue weighted by molar-refractivity contribution is 14.1. The fraction of sp³-hybridized carbons (Fsp3) is 0.385. The molecule has 0 aliphatic carbocycles. The van der Waals surface area contributed by atoms with Crippen molar-refractivity contribution in [2.75, 3.05) is 6.54 Å². The second-order valence-electron chi connectivity index (χ2n) is 4.22. The van der Waals surface area contributed by atoms with E-state index in [1.54, 1.807) is 18.2 Å². The van der Waals surface area contributed by atoms with Crippen molar-refractivity contribution in [2.45, 2.75) is 25.3 Å². The van der Waals surface area contributed by atoms with Crippen molar-refractivity contribution in [3.8, 4) is 0 Å². The van der Waals surface area contributed by atoms with Gasteiger partial charge in [0, 0.05) is 9.13 Å². The molecule has 1 aromatic rings. The molecule has 19 heavy (non-hydrogen) atoms. The number of nitrogens with two attached hydrogens (primary N) is 2. The summed E-state index contributed by atoms with van der Waals surface area (Å²) < 4.78 is 0.935. The van der Waals surface area contributed by atoms with Gasteiger partial charge in [0.2, 0.25) is 5.91 Å². The van der Waals surface area contributed by atoms with Gasteiger partial charge < -0.3 is 11.5 Å². The van der Waals surface area contributed by atoms with Crippen LogP contribution < -0.4 is 16.8 Å². The van der Waals surface area contributed by atoms with Crippen molar-refractivity contribution >= 4 is 34.4 Å². The number of nitrogens with one attached hydrogen (secondary N) is 1. The molecule has 1 unspecified atom stereocenters. The number of hydrogen-bond donors (Lipinski definition) is 3. The van der Waals surface area contributed by atoms with E-state index in [0.717, 1.165) is 16.4 Å². The number of carbonyl (C=O) groups is 2. The minimum absolute atomic E-state index is 0.419. The van der Waals surface area contributed by atoms with Crippen molar-refractivity contribution in [3.05, 3.63) is 33.4 Å². The lowest BCUT2D eigenvalue weighted by molar-refractivity contribution is -0.121. The number of rotatable bonds is 6. The van der Waals surface area contributed by atoms with Crippen LogP contribution in [0.3, 0.4) is 0 Å². The summed E-state index contributed by atoms with van der Waals surface area (Å²) in [6.07, 6.45) is 2.14. The Morgan fingerprint density at radius 1 is 1.32 bits per heavy atom. The Morgan fingerprint density at radius 2 is 2.05 bits per heavy atom. The fourth-order valence-electron chi connectivity index (χ4n) is 1.55. The van der Waals surface area contributed by atoms with Gasteiger partial charge in [0.25, 0.3) is 5.91 Å². The van der Waals surface area contributed by atoms with Gasteiger partial charge in [0.15, 0.2) is 0 Å². The molecule has 6 heteroatoms. The van der Waals surface area contributed by atoms with Crippen LogP contribution in [0.5, 0.6) is 0 Å². The van der Waals surface area contributed by atoms with Gasteiger partial charge in [-0.15, -0.1) is 0 Å². The standard InChI is InChI=1S/C13H18IN3O2/c14-10-5-3-4-9(8-10)12(18)17-13(19)11(16)6-1-2-7-15/h3-5,8,11H,1-2,6-7,15-16H2,(H,17,18,19). The van der Waals surface area contributed by atoms with Crippen molar-refractivity contribution < 1.29 is 9.59 Å². The van der Waals surface area contributed by atoms with Crippen molar-refractivity contribution in [1.29, 1.82) is 0 Å². The maximum Gasteiger partial charge on any atom is 0.257 e. The van der Waals surface area contributed by atoms with Crippen LogP contribution >= 0.6 is 22.6 Å². The van der Waals surface area contributed by atoms with Gasteiger partial charge in [0.05, 0.1) is 6.04 Å². The zero-order valence-corrected chi connectivity index (χ0v) is 12.7. The van der Waals surface area contributed by atoms with Crippen molar-refractivity contribution in [2.24, 2.45) is 11.5 Å². The van der Waals surface area contributed by atoms with Gasteiger partial charge in [-0.1, -0.05) is 12.5 Å². The fourth-order valence-corrected chi connectivity index (χ4v) is 2.09. The minimum Gasteiger partial charge on any atom is -0.330 e. The summed E-state index contributed by atoms with van der Waals surface area (Å²) in [7, 11) is 0. The first kappa shape index (κ1) is 16.1. The molecule has 5 N–H and O–H groups in total. The van der Waals surface area contributed by atoms with Gasteiger partial charge >= 0.3 is 0 Å². The number of imide groups is 1. The normalized spacial score (nSPS) is 11.9. The van der Waals surface area contributed by atoms with E-state index in [1.807, 2.05) is 6.07 Å². The zero-order chi connectivity index (χ0) is 14.3. The third-order valence-corrected chi connectivity index (χ3v) is 3.30. The second-order valence-corrected chi connectivity index (χ2v) is 5.47. The molecule has 2 amide bonds. The van der Waals surface area contributed by atoms with Crippen molar-refractivity contribution in [1.82, 2.24) is 5.32 Å². The molecule has 5 nitrogen and oxygen atoms in total. The Hall–Kier alpha value is -0.990.